The molecule has 2 rings (SSSR count). The van der Waals surface area contributed by atoms with Gasteiger partial charge in [0, 0.05) is 18.5 Å². The average molecular weight is 254 g/mol. The lowest BCUT2D eigenvalue weighted by Crippen LogP contribution is -2.33. The van der Waals surface area contributed by atoms with Crippen LogP contribution in [0.15, 0.2) is 24.3 Å². The van der Waals surface area contributed by atoms with Crippen molar-refractivity contribution in [1.82, 2.24) is 4.90 Å². The summed E-state index contributed by atoms with van der Waals surface area (Å²) in [5, 5.41) is 0. The zero-order valence-electron chi connectivity index (χ0n) is 10.5. The van der Waals surface area contributed by atoms with E-state index in [1.54, 1.807) is 7.11 Å². The molecule has 1 fully saturated rings. The van der Waals surface area contributed by atoms with Crippen LogP contribution in [0.1, 0.15) is 18.9 Å². The summed E-state index contributed by atoms with van der Waals surface area (Å²) in [6.45, 7) is 4.44. The van der Waals surface area contributed by atoms with Crippen LogP contribution in [-0.4, -0.2) is 30.5 Å². The molecule has 94 valence electrons. The SMILES string of the molecule is COc1ccc(CN2CCC(C)C2CCl)cc1. The van der Waals surface area contributed by atoms with Crippen molar-refractivity contribution in [2.24, 2.45) is 5.92 Å². The van der Waals surface area contributed by atoms with Crippen LogP contribution in [0, 0.1) is 5.92 Å². The fourth-order valence-electron chi connectivity index (χ4n) is 2.50. The maximum absolute atomic E-state index is 6.05. The second-order valence-corrected chi connectivity index (χ2v) is 5.11. The number of halogens is 1. The molecule has 2 atom stereocenters. The van der Waals surface area contributed by atoms with Crippen molar-refractivity contribution >= 4 is 11.6 Å². The quantitative estimate of drug-likeness (QED) is 0.765. The van der Waals surface area contributed by atoms with Crippen LogP contribution >= 0.6 is 11.6 Å². The summed E-state index contributed by atoms with van der Waals surface area (Å²) in [7, 11) is 1.70. The first kappa shape index (κ1) is 12.7. The maximum Gasteiger partial charge on any atom is 0.118 e. The third kappa shape index (κ3) is 2.93. The Labute approximate surface area is 109 Å². The number of ether oxygens (including phenoxy) is 1. The summed E-state index contributed by atoms with van der Waals surface area (Å²) < 4.78 is 5.16. The van der Waals surface area contributed by atoms with E-state index in [2.05, 4.69) is 24.0 Å². The van der Waals surface area contributed by atoms with Gasteiger partial charge in [-0.25, -0.2) is 0 Å². The predicted octanol–water partition coefficient (Wildman–Crippen LogP) is 3.14. The zero-order valence-corrected chi connectivity index (χ0v) is 11.3. The lowest BCUT2D eigenvalue weighted by atomic mass is 10.0. The number of likely N-dealkylation sites (tertiary alicyclic amines) is 1. The van der Waals surface area contributed by atoms with Gasteiger partial charge in [0.15, 0.2) is 0 Å². The molecule has 2 nitrogen and oxygen atoms in total. The lowest BCUT2D eigenvalue weighted by molar-refractivity contribution is 0.242. The molecule has 1 aliphatic rings. The van der Waals surface area contributed by atoms with Gasteiger partial charge in [-0.3, -0.25) is 4.90 Å². The monoisotopic (exact) mass is 253 g/mol. The van der Waals surface area contributed by atoms with Crippen molar-refractivity contribution < 1.29 is 4.74 Å². The summed E-state index contributed by atoms with van der Waals surface area (Å²) in [5.41, 5.74) is 1.33. The molecule has 1 aliphatic heterocycles. The van der Waals surface area contributed by atoms with Gasteiger partial charge < -0.3 is 4.74 Å². The highest BCUT2D eigenvalue weighted by atomic mass is 35.5. The van der Waals surface area contributed by atoms with Gasteiger partial charge in [-0.05, 0) is 36.6 Å². The summed E-state index contributed by atoms with van der Waals surface area (Å²) >= 11 is 6.05. The van der Waals surface area contributed by atoms with E-state index >= 15 is 0 Å². The number of hydrogen-bond acceptors (Lipinski definition) is 2. The van der Waals surface area contributed by atoms with E-state index in [0.717, 1.165) is 24.7 Å². The molecule has 1 aromatic rings. The molecule has 0 radical (unpaired) electrons. The van der Waals surface area contributed by atoms with E-state index in [4.69, 9.17) is 16.3 Å². The number of nitrogens with zero attached hydrogens (tertiary/aromatic N) is 1. The molecule has 0 bridgehead atoms. The summed E-state index contributed by atoms with van der Waals surface area (Å²) in [5.74, 6) is 2.36. The fraction of sp³-hybridized carbons (Fsp3) is 0.571. The van der Waals surface area contributed by atoms with Crippen molar-refractivity contribution in [1.29, 1.82) is 0 Å². The third-order valence-electron chi connectivity index (χ3n) is 3.70. The first-order valence-electron chi connectivity index (χ1n) is 6.17. The van der Waals surface area contributed by atoms with Crippen LogP contribution in [0.3, 0.4) is 0 Å². The third-order valence-corrected chi connectivity index (χ3v) is 4.02. The van der Waals surface area contributed by atoms with Crippen LogP contribution in [0.25, 0.3) is 0 Å². The van der Waals surface area contributed by atoms with Crippen LogP contribution in [0.4, 0.5) is 0 Å². The number of hydrogen-bond donors (Lipinski definition) is 0. The first-order valence-corrected chi connectivity index (χ1v) is 6.71. The second-order valence-electron chi connectivity index (χ2n) is 4.81. The van der Waals surface area contributed by atoms with Crippen molar-refractivity contribution in [3.63, 3.8) is 0 Å². The molecule has 0 N–H and O–H groups in total. The number of benzene rings is 1. The highest BCUT2D eigenvalue weighted by molar-refractivity contribution is 6.18. The Balaban J connectivity index is 2.00. The van der Waals surface area contributed by atoms with Gasteiger partial charge in [-0.2, -0.15) is 0 Å². The second kappa shape index (κ2) is 5.74. The Morgan fingerprint density at radius 1 is 1.35 bits per heavy atom. The number of methoxy groups -OCH3 is 1. The molecule has 0 aliphatic carbocycles. The van der Waals surface area contributed by atoms with Crippen LogP contribution in [-0.2, 0) is 6.54 Å². The first-order chi connectivity index (χ1) is 8.24. The Morgan fingerprint density at radius 3 is 2.65 bits per heavy atom. The summed E-state index contributed by atoms with van der Waals surface area (Å²) in [4.78, 5) is 2.49. The molecule has 0 amide bonds. The fourth-order valence-corrected chi connectivity index (χ4v) is 3.00. The molecule has 0 saturated carbocycles. The van der Waals surface area contributed by atoms with E-state index in [1.807, 2.05) is 12.1 Å². The van der Waals surface area contributed by atoms with Crippen molar-refractivity contribution in [2.75, 3.05) is 19.5 Å². The minimum absolute atomic E-state index is 0.527. The zero-order chi connectivity index (χ0) is 12.3. The van der Waals surface area contributed by atoms with Gasteiger partial charge >= 0.3 is 0 Å². The normalized spacial score (nSPS) is 25.1. The van der Waals surface area contributed by atoms with E-state index in [-0.39, 0.29) is 0 Å². The van der Waals surface area contributed by atoms with E-state index < -0.39 is 0 Å². The van der Waals surface area contributed by atoms with E-state index in [9.17, 15) is 0 Å². The minimum atomic E-state index is 0.527. The van der Waals surface area contributed by atoms with Crippen LogP contribution in [0.5, 0.6) is 5.75 Å². The molecule has 17 heavy (non-hydrogen) atoms. The molecule has 1 heterocycles. The molecule has 0 spiro atoms. The molecular formula is C14H20ClNO. The molecule has 1 saturated heterocycles. The van der Waals surface area contributed by atoms with Crippen molar-refractivity contribution in [3.8, 4) is 5.75 Å². The summed E-state index contributed by atoms with van der Waals surface area (Å²) in [6, 6.07) is 8.83. The van der Waals surface area contributed by atoms with Crippen molar-refractivity contribution in [3.05, 3.63) is 29.8 Å². The molecule has 3 heteroatoms. The van der Waals surface area contributed by atoms with Gasteiger partial charge in [-0.1, -0.05) is 19.1 Å². The molecule has 2 unspecified atom stereocenters. The van der Waals surface area contributed by atoms with E-state index in [1.165, 1.54) is 12.0 Å². The maximum atomic E-state index is 6.05. The smallest absolute Gasteiger partial charge is 0.118 e. The van der Waals surface area contributed by atoms with Gasteiger partial charge in [0.2, 0.25) is 0 Å². The highest BCUT2D eigenvalue weighted by Gasteiger charge is 2.29. The Bertz CT molecular complexity index is 352. The predicted molar refractivity (Wildman–Crippen MR) is 71.7 cm³/mol. The van der Waals surface area contributed by atoms with Crippen molar-refractivity contribution in [2.45, 2.75) is 25.9 Å². The average Bonchev–Trinajstić information content (AvgIpc) is 2.71. The Hall–Kier alpha value is -0.730. The molecule has 0 aromatic heterocycles. The topological polar surface area (TPSA) is 12.5 Å². The Kier molecular flexibility index (Phi) is 4.30. The summed E-state index contributed by atoms with van der Waals surface area (Å²) in [6.07, 6.45) is 1.26. The number of rotatable bonds is 4. The lowest BCUT2D eigenvalue weighted by Gasteiger charge is -2.24. The minimum Gasteiger partial charge on any atom is -0.497 e. The van der Waals surface area contributed by atoms with Gasteiger partial charge in [0.1, 0.15) is 5.75 Å². The molecule has 1 aromatic carbocycles. The van der Waals surface area contributed by atoms with Crippen LogP contribution in [0.2, 0.25) is 0 Å². The number of alkyl halides is 1. The van der Waals surface area contributed by atoms with Gasteiger partial charge in [0.05, 0.1) is 7.11 Å². The van der Waals surface area contributed by atoms with Gasteiger partial charge in [-0.15, -0.1) is 11.6 Å². The van der Waals surface area contributed by atoms with Crippen LogP contribution < -0.4 is 4.74 Å². The molecular weight excluding hydrogens is 234 g/mol. The van der Waals surface area contributed by atoms with E-state index in [0.29, 0.717) is 12.0 Å². The highest BCUT2D eigenvalue weighted by Crippen LogP contribution is 2.26. The largest absolute Gasteiger partial charge is 0.497 e. The standard InChI is InChI=1S/C14H20ClNO/c1-11-7-8-16(14(11)9-15)10-12-3-5-13(17-2)6-4-12/h3-6,11,14H,7-10H2,1-2H3. The van der Waals surface area contributed by atoms with Gasteiger partial charge in [0.25, 0.3) is 0 Å². The Morgan fingerprint density at radius 2 is 2.06 bits per heavy atom.